The van der Waals surface area contributed by atoms with E-state index in [1.54, 1.807) is 6.07 Å². The largest absolute Gasteiger partial charge is 0.490 e. The minimum atomic E-state index is -0.230. The van der Waals surface area contributed by atoms with Gasteiger partial charge in [0.05, 0.1) is 11.7 Å². The number of esters is 1. The van der Waals surface area contributed by atoms with E-state index in [4.69, 9.17) is 9.47 Å². The zero-order valence-electron chi connectivity index (χ0n) is 13.0. The average molecular weight is 291 g/mol. The average Bonchev–Trinajstić information content (AvgIpc) is 2.86. The molecular formula is C17H25NO3. The summed E-state index contributed by atoms with van der Waals surface area (Å²) in [4.78, 5) is 11.4. The van der Waals surface area contributed by atoms with Gasteiger partial charge in [-0.3, -0.25) is 0 Å². The Morgan fingerprint density at radius 1 is 1.33 bits per heavy atom. The molecule has 0 fully saturated rings. The van der Waals surface area contributed by atoms with Crippen molar-refractivity contribution in [2.45, 2.75) is 52.2 Å². The zero-order chi connectivity index (χ0) is 15.1. The lowest BCUT2D eigenvalue weighted by Gasteiger charge is -2.18. The van der Waals surface area contributed by atoms with E-state index in [0.717, 1.165) is 43.7 Å². The van der Waals surface area contributed by atoms with Crippen molar-refractivity contribution in [1.29, 1.82) is 0 Å². The molecule has 1 aromatic carbocycles. The summed E-state index contributed by atoms with van der Waals surface area (Å²) in [5.74, 6) is 0.609. The van der Waals surface area contributed by atoms with Gasteiger partial charge in [-0.15, -0.1) is 0 Å². The van der Waals surface area contributed by atoms with E-state index in [2.05, 4.69) is 19.2 Å². The molecule has 0 aromatic heterocycles. The lowest BCUT2D eigenvalue weighted by atomic mass is 10.1. The van der Waals surface area contributed by atoms with Gasteiger partial charge in [0, 0.05) is 5.56 Å². The monoisotopic (exact) mass is 291 g/mol. The number of hydrogen-bond donors (Lipinski definition) is 1. The molecule has 1 unspecified atom stereocenters. The number of ether oxygens (including phenoxy) is 2. The molecule has 1 N–H and O–H groups in total. The van der Waals surface area contributed by atoms with Crippen LogP contribution in [-0.2, 0) is 11.3 Å². The van der Waals surface area contributed by atoms with Crippen LogP contribution in [0.3, 0.4) is 0 Å². The molecule has 0 saturated carbocycles. The van der Waals surface area contributed by atoms with Crippen LogP contribution in [0.2, 0.25) is 0 Å². The number of benzene rings is 1. The third-order valence-corrected chi connectivity index (χ3v) is 3.79. The van der Waals surface area contributed by atoms with Crippen LogP contribution in [0.5, 0.6) is 5.75 Å². The first kappa shape index (κ1) is 15.8. The SMILES string of the molecule is CCNCCCCC(CC)Oc1ccc2c(c1)COC2=O. The lowest BCUT2D eigenvalue weighted by Crippen LogP contribution is -2.18. The molecule has 0 radical (unpaired) electrons. The molecule has 4 heteroatoms. The third-order valence-electron chi connectivity index (χ3n) is 3.79. The fourth-order valence-electron chi connectivity index (χ4n) is 2.52. The van der Waals surface area contributed by atoms with Crippen LogP contribution in [0.15, 0.2) is 18.2 Å². The molecule has 116 valence electrons. The number of carbonyl (C=O) groups is 1. The summed E-state index contributed by atoms with van der Waals surface area (Å²) in [5, 5.41) is 3.34. The maximum Gasteiger partial charge on any atom is 0.338 e. The van der Waals surface area contributed by atoms with Crippen molar-refractivity contribution in [1.82, 2.24) is 5.32 Å². The summed E-state index contributed by atoms with van der Waals surface area (Å²) in [7, 11) is 0. The van der Waals surface area contributed by atoms with Crippen molar-refractivity contribution in [2.24, 2.45) is 0 Å². The van der Waals surface area contributed by atoms with Gasteiger partial charge in [0.15, 0.2) is 0 Å². The summed E-state index contributed by atoms with van der Waals surface area (Å²) >= 11 is 0. The van der Waals surface area contributed by atoms with Crippen molar-refractivity contribution in [2.75, 3.05) is 13.1 Å². The van der Waals surface area contributed by atoms with E-state index in [1.165, 1.54) is 6.42 Å². The van der Waals surface area contributed by atoms with Gasteiger partial charge in [-0.25, -0.2) is 4.79 Å². The summed E-state index contributed by atoms with van der Waals surface area (Å²) in [6, 6.07) is 5.60. The molecule has 0 saturated heterocycles. The van der Waals surface area contributed by atoms with Crippen molar-refractivity contribution < 1.29 is 14.3 Å². The highest BCUT2D eigenvalue weighted by molar-refractivity contribution is 5.93. The number of cyclic esters (lactones) is 1. The standard InChI is InChI=1S/C17H25NO3/c1-3-14(7-5-6-10-18-4-2)21-15-8-9-16-13(11-15)12-20-17(16)19/h8-9,11,14,18H,3-7,10,12H2,1-2H3. The van der Waals surface area contributed by atoms with Crippen LogP contribution in [0.4, 0.5) is 0 Å². The third kappa shape index (κ3) is 4.46. The summed E-state index contributed by atoms with van der Waals surface area (Å²) < 4.78 is 11.1. The van der Waals surface area contributed by atoms with Crippen LogP contribution in [-0.4, -0.2) is 25.2 Å². The summed E-state index contributed by atoms with van der Waals surface area (Å²) in [6.45, 7) is 6.74. The molecule has 0 aliphatic carbocycles. The number of hydrogen-bond acceptors (Lipinski definition) is 4. The van der Waals surface area contributed by atoms with E-state index >= 15 is 0 Å². The van der Waals surface area contributed by atoms with E-state index in [0.29, 0.717) is 12.2 Å². The topological polar surface area (TPSA) is 47.6 Å². The second-order valence-electron chi connectivity index (χ2n) is 5.39. The molecular weight excluding hydrogens is 266 g/mol. The van der Waals surface area contributed by atoms with E-state index in [-0.39, 0.29) is 12.1 Å². The van der Waals surface area contributed by atoms with Crippen molar-refractivity contribution in [3.05, 3.63) is 29.3 Å². The van der Waals surface area contributed by atoms with Crippen LogP contribution in [0, 0.1) is 0 Å². The van der Waals surface area contributed by atoms with Gasteiger partial charge in [0.25, 0.3) is 0 Å². The molecule has 21 heavy (non-hydrogen) atoms. The maximum atomic E-state index is 11.4. The molecule has 1 aliphatic heterocycles. The molecule has 0 bridgehead atoms. The van der Waals surface area contributed by atoms with E-state index < -0.39 is 0 Å². The van der Waals surface area contributed by atoms with Gasteiger partial charge in [-0.2, -0.15) is 0 Å². The number of nitrogens with one attached hydrogen (secondary N) is 1. The molecule has 4 nitrogen and oxygen atoms in total. The molecule has 0 amide bonds. The summed E-state index contributed by atoms with van der Waals surface area (Å²) in [6.07, 6.45) is 4.64. The first-order valence-electron chi connectivity index (χ1n) is 7.92. The van der Waals surface area contributed by atoms with Crippen LogP contribution in [0.25, 0.3) is 0 Å². The number of fused-ring (bicyclic) bond motifs is 1. The highest BCUT2D eigenvalue weighted by atomic mass is 16.5. The predicted octanol–water partition coefficient (Wildman–Crippen LogP) is 3.29. The highest BCUT2D eigenvalue weighted by Gasteiger charge is 2.21. The molecule has 0 spiro atoms. The smallest absolute Gasteiger partial charge is 0.338 e. The predicted molar refractivity (Wildman–Crippen MR) is 82.7 cm³/mol. The minimum absolute atomic E-state index is 0.230. The number of unbranched alkanes of at least 4 members (excludes halogenated alkanes) is 1. The molecule has 2 rings (SSSR count). The van der Waals surface area contributed by atoms with Crippen LogP contribution >= 0.6 is 0 Å². The zero-order valence-corrected chi connectivity index (χ0v) is 13.0. The van der Waals surface area contributed by atoms with Gasteiger partial charge in [-0.05, 0) is 57.0 Å². The van der Waals surface area contributed by atoms with Crippen LogP contribution in [0.1, 0.15) is 55.5 Å². The molecule has 1 aliphatic rings. The van der Waals surface area contributed by atoms with Crippen molar-refractivity contribution in [3.8, 4) is 5.75 Å². The van der Waals surface area contributed by atoms with Crippen LogP contribution < -0.4 is 10.1 Å². The normalized spacial score (nSPS) is 14.7. The first-order valence-corrected chi connectivity index (χ1v) is 7.92. The Bertz CT molecular complexity index is 473. The van der Waals surface area contributed by atoms with E-state index in [9.17, 15) is 4.79 Å². The van der Waals surface area contributed by atoms with E-state index in [1.807, 2.05) is 12.1 Å². The Morgan fingerprint density at radius 3 is 2.95 bits per heavy atom. The van der Waals surface area contributed by atoms with Crippen molar-refractivity contribution >= 4 is 5.97 Å². The minimum Gasteiger partial charge on any atom is -0.490 e. The second-order valence-corrected chi connectivity index (χ2v) is 5.39. The number of rotatable bonds is 9. The van der Waals surface area contributed by atoms with Gasteiger partial charge in [0.1, 0.15) is 12.4 Å². The fraction of sp³-hybridized carbons (Fsp3) is 0.588. The van der Waals surface area contributed by atoms with Gasteiger partial charge >= 0.3 is 5.97 Å². The van der Waals surface area contributed by atoms with Gasteiger partial charge < -0.3 is 14.8 Å². The maximum absolute atomic E-state index is 11.4. The molecule has 1 aromatic rings. The quantitative estimate of drug-likeness (QED) is 0.560. The Kier molecular flexibility index (Phi) is 6.05. The fourth-order valence-corrected chi connectivity index (χ4v) is 2.52. The second kappa shape index (κ2) is 8.03. The Labute approximate surface area is 126 Å². The molecule has 1 heterocycles. The number of carbonyl (C=O) groups excluding carboxylic acids is 1. The summed E-state index contributed by atoms with van der Waals surface area (Å²) in [5.41, 5.74) is 1.60. The Balaban J connectivity index is 1.83. The Hall–Kier alpha value is -1.55. The lowest BCUT2D eigenvalue weighted by molar-refractivity contribution is 0.0535. The van der Waals surface area contributed by atoms with Gasteiger partial charge in [0.2, 0.25) is 0 Å². The molecule has 1 atom stereocenters. The van der Waals surface area contributed by atoms with Gasteiger partial charge in [-0.1, -0.05) is 13.8 Å². The van der Waals surface area contributed by atoms with Crippen molar-refractivity contribution in [3.63, 3.8) is 0 Å². The first-order chi connectivity index (χ1) is 10.2. The Morgan fingerprint density at radius 2 is 2.19 bits per heavy atom. The highest BCUT2D eigenvalue weighted by Crippen LogP contribution is 2.26.